The number of likely N-dealkylation sites (tertiary alicyclic amines) is 1. The molecular formula is C20H25N3O2. The number of rotatable bonds is 3. The monoisotopic (exact) mass is 339 g/mol. The van der Waals surface area contributed by atoms with Crippen molar-refractivity contribution in [3.63, 3.8) is 0 Å². The van der Waals surface area contributed by atoms with Crippen LogP contribution in [0.1, 0.15) is 38.5 Å². The number of benzene rings is 1. The second-order valence-corrected chi connectivity index (χ2v) is 8.14. The van der Waals surface area contributed by atoms with Gasteiger partial charge in [0.1, 0.15) is 11.9 Å². The first-order valence-electron chi connectivity index (χ1n) is 9.56. The average molecular weight is 339 g/mol. The van der Waals surface area contributed by atoms with E-state index in [2.05, 4.69) is 5.10 Å². The summed E-state index contributed by atoms with van der Waals surface area (Å²) in [6.07, 6.45) is 9.49. The van der Waals surface area contributed by atoms with E-state index in [9.17, 15) is 4.79 Å². The van der Waals surface area contributed by atoms with Gasteiger partial charge in [-0.25, -0.2) is 9.80 Å². The van der Waals surface area contributed by atoms with Gasteiger partial charge in [0.05, 0.1) is 19.1 Å². The summed E-state index contributed by atoms with van der Waals surface area (Å²) in [5, 5.41) is 6.26. The predicted molar refractivity (Wildman–Crippen MR) is 95.6 cm³/mol. The summed E-state index contributed by atoms with van der Waals surface area (Å²) in [6, 6.07) is 10.2. The molecule has 0 aromatic heterocycles. The second kappa shape index (κ2) is 5.75. The number of urea groups is 1. The Morgan fingerprint density at radius 1 is 1.16 bits per heavy atom. The standard InChI is InChI=1S/C20H25N3O2/c24-19(22-13-17(14-22)25-16-4-2-1-3-5-16)23-18(8-11-21-23)20-9-6-15(12-20)7-10-20/h1-5,11,15,17-18H,6-10,12-14H2/t15?,18-,20?/m0/s1. The van der Waals surface area contributed by atoms with Gasteiger partial charge in [0, 0.05) is 12.6 Å². The van der Waals surface area contributed by atoms with Gasteiger partial charge in [-0.15, -0.1) is 0 Å². The largest absolute Gasteiger partial charge is 0.487 e. The number of para-hydroxylation sites is 1. The lowest BCUT2D eigenvalue weighted by Crippen LogP contribution is -2.60. The third kappa shape index (κ3) is 2.52. The first-order chi connectivity index (χ1) is 12.2. The highest BCUT2D eigenvalue weighted by Gasteiger charge is 2.54. The number of carbonyl (C=O) groups excluding carboxylic acids is 1. The van der Waals surface area contributed by atoms with Crippen LogP contribution in [0.15, 0.2) is 35.4 Å². The van der Waals surface area contributed by atoms with Crippen molar-refractivity contribution in [3.8, 4) is 5.75 Å². The summed E-state index contributed by atoms with van der Waals surface area (Å²) in [4.78, 5) is 14.8. The van der Waals surface area contributed by atoms with Crippen LogP contribution in [0.3, 0.4) is 0 Å². The van der Waals surface area contributed by atoms with Crippen LogP contribution < -0.4 is 4.74 Å². The van der Waals surface area contributed by atoms with Gasteiger partial charge in [0.2, 0.25) is 0 Å². The fourth-order valence-electron chi connectivity index (χ4n) is 5.32. The zero-order valence-corrected chi connectivity index (χ0v) is 14.5. The van der Waals surface area contributed by atoms with Crippen molar-refractivity contribution in [2.24, 2.45) is 16.4 Å². The van der Waals surface area contributed by atoms with Crippen molar-refractivity contribution < 1.29 is 9.53 Å². The van der Waals surface area contributed by atoms with Crippen molar-refractivity contribution in [2.75, 3.05) is 13.1 Å². The van der Waals surface area contributed by atoms with E-state index in [-0.39, 0.29) is 18.2 Å². The highest BCUT2D eigenvalue weighted by molar-refractivity contribution is 5.79. The van der Waals surface area contributed by atoms with Gasteiger partial charge in [-0.3, -0.25) is 0 Å². The molecule has 0 N–H and O–H groups in total. The topological polar surface area (TPSA) is 45.1 Å². The van der Waals surface area contributed by atoms with Crippen LogP contribution in [0, 0.1) is 11.3 Å². The molecule has 1 saturated heterocycles. The maximum atomic E-state index is 12.9. The molecule has 5 heteroatoms. The molecule has 5 rings (SSSR count). The Kier molecular flexibility index (Phi) is 3.50. The molecule has 0 spiro atoms. The molecule has 5 nitrogen and oxygen atoms in total. The van der Waals surface area contributed by atoms with Crippen LogP contribution in [0.4, 0.5) is 4.79 Å². The Balaban J connectivity index is 1.21. The van der Waals surface area contributed by atoms with E-state index in [1.54, 1.807) is 5.01 Å². The zero-order valence-electron chi connectivity index (χ0n) is 14.5. The molecule has 2 saturated carbocycles. The van der Waals surface area contributed by atoms with Crippen molar-refractivity contribution in [2.45, 2.75) is 50.7 Å². The van der Waals surface area contributed by atoms with Gasteiger partial charge in [0.15, 0.2) is 0 Å². The summed E-state index contributed by atoms with van der Waals surface area (Å²) in [5.74, 6) is 1.77. The summed E-state index contributed by atoms with van der Waals surface area (Å²) in [7, 11) is 0. The minimum absolute atomic E-state index is 0.0661. The number of carbonyl (C=O) groups is 1. The van der Waals surface area contributed by atoms with Gasteiger partial charge in [-0.1, -0.05) is 18.2 Å². The van der Waals surface area contributed by atoms with Gasteiger partial charge in [-0.2, -0.15) is 5.10 Å². The van der Waals surface area contributed by atoms with E-state index in [1.807, 2.05) is 41.4 Å². The van der Waals surface area contributed by atoms with Gasteiger partial charge in [0.25, 0.3) is 0 Å². The Morgan fingerprint density at radius 2 is 1.92 bits per heavy atom. The first-order valence-corrected chi connectivity index (χ1v) is 9.56. The van der Waals surface area contributed by atoms with Gasteiger partial charge >= 0.3 is 6.03 Å². The number of nitrogens with zero attached hydrogens (tertiary/aromatic N) is 3. The lowest BCUT2D eigenvalue weighted by Gasteiger charge is -2.43. The molecule has 2 aliphatic heterocycles. The summed E-state index contributed by atoms with van der Waals surface area (Å²) >= 11 is 0. The normalized spacial score (nSPS) is 33.8. The third-order valence-electron chi connectivity index (χ3n) is 6.69. The van der Waals surface area contributed by atoms with Crippen LogP contribution in [-0.4, -0.2) is 47.4 Å². The number of hydrogen-bond acceptors (Lipinski definition) is 3. The van der Waals surface area contributed by atoms with Crippen molar-refractivity contribution in [3.05, 3.63) is 30.3 Å². The van der Waals surface area contributed by atoms with Gasteiger partial charge < -0.3 is 9.64 Å². The molecule has 0 radical (unpaired) electrons. The fourth-order valence-corrected chi connectivity index (χ4v) is 5.32. The lowest BCUT2D eigenvalue weighted by molar-refractivity contribution is 0.0162. The quantitative estimate of drug-likeness (QED) is 0.846. The molecule has 132 valence electrons. The highest BCUT2D eigenvalue weighted by Crippen LogP contribution is 2.58. The maximum Gasteiger partial charge on any atom is 0.340 e. The molecule has 25 heavy (non-hydrogen) atoms. The zero-order chi connectivity index (χ0) is 16.9. The molecule has 0 unspecified atom stereocenters. The lowest BCUT2D eigenvalue weighted by atomic mass is 9.76. The minimum Gasteiger partial charge on any atom is -0.487 e. The molecular weight excluding hydrogens is 314 g/mol. The van der Waals surface area contributed by atoms with E-state index in [0.29, 0.717) is 18.5 Å². The Hall–Kier alpha value is -2.04. The number of hydrazone groups is 1. The maximum absolute atomic E-state index is 12.9. The molecule has 2 bridgehead atoms. The summed E-state index contributed by atoms with van der Waals surface area (Å²) < 4.78 is 5.92. The highest BCUT2D eigenvalue weighted by atomic mass is 16.5. The molecule has 1 atom stereocenters. The summed E-state index contributed by atoms with van der Waals surface area (Å²) in [5.41, 5.74) is 0.335. The molecule has 2 aliphatic carbocycles. The Morgan fingerprint density at radius 3 is 2.60 bits per heavy atom. The van der Waals surface area contributed by atoms with E-state index >= 15 is 0 Å². The predicted octanol–water partition coefficient (Wildman–Crippen LogP) is 3.51. The molecule has 1 aromatic rings. The average Bonchev–Trinajstić information content (AvgIpc) is 3.33. The van der Waals surface area contributed by atoms with Crippen molar-refractivity contribution >= 4 is 12.2 Å². The molecule has 1 aromatic carbocycles. The van der Waals surface area contributed by atoms with Crippen LogP contribution in [0.5, 0.6) is 5.75 Å². The molecule has 4 aliphatic rings. The minimum atomic E-state index is 0.0661. The SMILES string of the molecule is O=C(N1CC(Oc2ccccc2)C1)N1N=CC[C@H]1C12CCC(CC1)C2. The first kappa shape index (κ1) is 15.2. The van der Waals surface area contributed by atoms with E-state index < -0.39 is 0 Å². The Labute approximate surface area is 148 Å². The number of ether oxygens (including phenoxy) is 1. The van der Waals surface area contributed by atoms with Crippen molar-refractivity contribution in [1.29, 1.82) is 0 Å². The second-order valence-electron chi connectivity index (χ2n) is 8.14. The third-order valence-corrected chi connectivity index (χ3v) is 6.69. The van der Waals surface area contributed by atoms with Gasteiger partial charge in [-0.05, 0) is 55.6 Å². The fraction of sp³-hybridized carbons (Fsp3) is 0.600. The smallest absolute Gasteiger partial charge is 0.340 e. The van der Waals surface area contributed by atoms with Crippen molar-refractivity contribution in [1.82, 2.24) is 9.91 Å². The van der Waals surface area contributed by atoms with Crippen LogP contribution in [0.2, 0.25) is 0 Å². The molecule has 2 amide bonds. The number of fused-ring (bicyclic) bond motifs is 2. The van der Waals surface area contributed by atoms with E-state index in [4.69, 9.17) is 4.74 Å². The van der Waals surface area contributed by atoms with E-state index in [1.165, 1.54) is 32.1 Å². The number of amides is 2. The van der Waals surface area contributed by atoms with Crippen LogP contribution in [-0.2, 0) is 0 Å². The number of hydrogen-bond donors (Lipinski definition) is 0. The van der Waals surface area contributed by atoms with Crippen LogP contribution in [0.25, 0.3) is 0 Å². The molecule has 3 fully saturated rings. The summed E-state index contributed by atoms with van der Waals surface area (Å²) in [6.45, 7) is 1.31. The van der Waals surface area contributed by atoms with Crippen LogP contribution >= 0.6 is 0 Å². The molecule has 2 heterocycles. The van der Waals surface area contributed by atoms with E-state index in [0.717, 1.165) is 18.1 Å². The Bertz CT molecular complexity index is 675.